The molecule has 4 heteroatoms. The van der Waals surface area contributed by atoms with Gasteiger partial charge in [0.05, 0.1) is 5.39 Å². The summed E-state index contributed by atoms with van der Waals surface area (Å²) in [5.74, 6) is 0.825. The van der Waals surface area contributed by atoms with E-state index < -0.39 is 0 Å². The Morgan fingerprint density at radius 2 is 2.00 bits per heavy atom. The van der Waals surface area contributed by atoms with Gasteiger partial charge in [-0.3, -0.25) is 4.90 Å². The minimum absolute atomic E-state index is 0.579. The van der Waals surface area contributed by atoms with Gasteiger partial charge in [0.15, 0.2) is 11.4 Å². The van der Waals surface area contributed by atoms with Crippen LogP contribution in [0.25, 0.3) is 11.0 Å². The Morgan fingerprint density at radius 1 is 1.29 bits per heavy atom. The third kappa shape index (κ3) is 1.60. The SMILES string of the molecule is CNc1noc2cc3c(cc12)CN(C(C)C)C3. The van der Waals surface area contributed by atoms with Crippen LogP contribution in [0.15, 0.2) is 16.7 Å². The van der Waals surface area contributed by atoms with Crippen molar-refractivity contribution in [2.45, 2.75) is 33.0 Å². The van der Waals surface area contributed by atoms with Crippen molar-refractivity contribution in [2.75, 3.05) is 12.4 Å². The van der Waals surface area contributed by atoms with Crippen LogP contribution in [0.5, 0.6) is 0 Å². The van der Waals surface area contributed by atoms with Crippen LogP contribution in [0.4, 0.5) is 5.82 Å². The molecule has 4 nitrogen and oxygen atoms in total. The predicted octanol–water partition coefficient (Wildman–Crippen LogP) is 2.59. The molecule has 1 aliphatic heterocycles. The molecule has 1 aromatic carbocycles. The zero-order valence-electron chi connectivity index (χ0n) is 10.4. The van der Waals surface area contributed by atoms with Crippen molar-refractivity contribution in [3.63, 3.8) is 0 Å². The minimum Gasteiger partial charge on any atom is -0.370 e. The molecule has 3 rings (SSSR count). The Balaban J connectivity index is 2.06. The van der Waals surface area contributed by atoms with E-state index in [0.29, 0.717) is 6.04 Å². The topological polar surface area (TPSA) is 41.3 Å². The van der Waals surface area contributed by atoms with Crippen LogP contribution >= 0.6 is 0 Å². The van der Waals surface area contributed by atoms with Gasteiger partial charge in [-0.25, -0.2) is 0 Å². The van der Waals surface area contributed by atoms with Crippen LogP contribution in [-0.4, -0.2) is 23.1 Å². The van der Waals surface area contributed by atoms with Crippen molar-refractivity contribution < 1.29 is 4.52 Å². The maximum Gasteiger partial charge on any atom is 0.177 e. The normalized spacial score (nSPS) is 15.8. The van der Waals surface area contributed by atoms with E-state index in [9.17, 15) is 0 Å². The summed E-state index contributed by atoms with van der Waals surface area (Å²) < 4.78 is 5.33. The summed E-state index contributed by atoms with van der Waals surface area (Å²) in [7, 11) is 1.87. The van der Waals surface area contributed by atoms with Gasteiger partial charge in [-0.1, -0.05) is 5.16 Å². The summed E-state index contributed by atoms with van der Waals surface area (Å²) in [6, 6.07) is 4.91. The number of hydrogen-bond donors (Lipinski definition) is 1. The Bertz CT molecular complexity index is 559. The van der Waals surface area contributed by atoms with Gasteiger partial charge >= 0.3 is 0 Å². The van der Waals surface area contributed by atoms with Gasteiger partial charge in [-0.15, -0.1) is 0 Å². The van der Waals surface area contributed by atoms with Gasteiger partial charge in [-0.05, 0) is 37.1 Å². The summed E-state index contributed by atoms with van der Waals surface area (Å²) >= 11 is 0. The van der Waals surface area contributed by atoms with Gasteiger partial charge in [0.2, 0.25) is 0 Å². The van der Waals surface area contributed by atoms with Crippen LogP contribution in [0.1, 0.15) is 25.0 Å². The van der Waals surface area contributed by atoms with E-state index >= 15 is 0 Å². The number of fused-ring (bicyclic) bond motifs is 2. The largest absolute Gasteiger partial charge is 0.370 e. The van der Waals surface area contributed by atoms with Crippen LogP contribution in [-0.2, 0) is 13.1 Å². The summed E-state index contributed by atoms with van der Waals surface area (Å²) in [5.41, 5.74) is 3.63. The molecule has 0 bridgehead atoms. The molecule has 0 amide bonds. The average Bonchev–Trinajstić information content (AvgIpc) is 2.87. The van der Waals surface area contributed by atoms with Crippen molar-refractivity contribution in [1.82, 2.24) is 10.1 Å². The van der Waals surface area contributed by atoms with Crippen molar-refractivity contribution >= 4 is 16.8 Å². The Kier molecular flexibility index (Phi) is 2.33. The zero-order valence-corrected chi connectivity index (χ0v) is 10.4. The number of anilines is 1. The fourth-order valence-electron chi connectivity index (χ4n) is 2.40. The molecule has 0 spiro atoms. The first-order valence-electron chi connectivity index (χ1n) is 6.02. The third-order valence-corrected chi connectivity index (χ3v) is 3.51. The van der Waals surface area contributed by atoms with Crippen LogP contribution in [0.2, 0.25) is 0 Å². The van der Waals surface area contributed by atoms with Gasteiger partial charge in [0.25, 0.3) is 0 Å². The van der Waals surface area contributed by atoms with E-state index in [1.165, 1.54) is 11.1 Å². The van der Waals surface area contributed by atoms with Crippen molar-refractivity contribution in [3.05, 3.63) is 23.3 Å². The molecule has 0 atom stereocenters. The molecule has 0 saturated heterocycles. The van der Waals surface area contributed by atoms with Crippen molar-refractivity contribution in [1.29, 1.82) is 0 Å². The van der Waals surface area contributed by atoms with Gasteiger partial charge in [0.1, 0.15) is 0 Å². The molecular formula is C13H17N3O. The van der Waals surface area contributed by atoms with E-state index in [4.69, 9.17) is 4.52 Å². The number of benzene rings is 1. The smallest absolute Gasteiger partial charge is 0.177 e. The Labute approximate surface area is 101 Å². The first-order chi connectivity index (χ1) is 8.19. The lowest BCUT2D eigenvalue weighted by molar-refractivity contribution is 0.227. The number of nitrogens with zero attached hydrogens (tertiary/aromatic N) is 2. The molecule has 1 aromatic heterocycles. The first kappa shape index (κ1) is 10.6. The van der Waals surface area contributed by atoms with E-state index in [0.717, 1.165) is 29.9 Å². The monoisotopic (exact) mass is 231 g/mol. The molecule has 17 heavy (non-hydrogen) atoms. The van der Waals surface area contributed by atoms with Crippen LogP contribution in [0, 0.1) is 0 Å². The van der Waals surface area contributed by atoms with Gasteiger partial charge in [-0.2, -0.15) is 0 Å². The highest BCUT2D eigenvalue weighted by molar-refractivity contribution is 5.89. The summed E-state index contributed by atoms with van der Waals surface area (Å²) in [5, 5.41) is 8.15. The Morgan fingerprint density at radius 3 is 2.65 bits per heavy atom. The quantitative estimate of drug-likeness (QED) is 0.862. The first-order valence-corrected chi connectivity index (χ1v) is 6.02. The maximum absolute atomic E-state index is 5.33. The number of rotatable bonds is 2. The van der Waals surface area contributed by atoms with Crippen molar-refractivity contribution in [3.8, 4) is 0 Å². The highest BCUT2D eigenvalue weighted by Gasteiger charge is 2.23. The molecular weight excluding hydrogens is 214 g/mol. The second-order valence-corrected chi connectivity index (χ2v) is 4.90. The minimum atomic E-state index is 0.579. The van der Waals surface area contributed by atoms with Crippen LogP contribution < -0.4 is 5.32 Å². The maximum atomic E-state index is 5.33. The summed E-state index contributed by atoms with van der Waals surface area (Å²) in [4.78, 5) is 2.45. The lowest BCUT2D eigenvalue weighted by atomic mass is 10.1. The highest BCUT2D eigenvalue weighted by atomic mass is 16.5. The lowest BCUT2D eigenvalue weighted by Gasteiger charge is -2.18. The summed E-state index contributed by atoms with van der Waals surface area (Å²) in [6.45, 7) is 6.50. The fourth-order valence-corrected chi connectivity index (χ4v) is 2.40. The number of hydrogen-bond acceptors (Lipinski definition) is 4. The molecule has 0 unspecified atom stereocenters. The molecule has 2 heterocycles. The number of aromatic nitrogens is 1. The second-order valence-electron chi connectivity index (χ2n) is 4.90. The standard InChI is InChI=1S/C13H17N3O/c1-8(2)16-6-9-4-11-12(5-10(9)7-16)17-15-13(11)14-3/h4-5,8H,6-7H2,1-3H3,(H,14,15). The van der Waals surface area contributed by atoms with E-state index in [1.807, 2.05) is 7.05 Å². The molecule has 90 valence electrons. The van der Waals surface area contributed by atoms with Crippen LogP contribution in [0.3, 0.4) is 0 Å². The van der Waals surface area contributed by atoms with Gasteiger partial charge in [0, 0.05) is 26.2 Å². The second kappa shape index (κ2) is 3.74. The molecule has 0 radical (unpaired) electrons. The van der Waals surface area contributed by atoms with Gasteiger partial charge < -0.3 is 9.84 Å². The Hall–Kier alpha value is -1.55. The fraction of sp³-hybridized carbons (Fsp3) is 0.462. The highest BCUT2D eigenvalue weighted by Crippen LogP contribution is 2.31. The average molecular weight is 231 g/mol. The number of nitrogens with one attached hydrogen (secondary N) is 1. The van der Waals surface area contributed by atoms with E-state index in [2.05, 4.69) is 41.4 Å². The molecule has 0 aliphatic carbocycles. The predicted molar refractivity (Wildman–Crippen MR) is 67.9 cm³/mol. The molecule has 0 saturated carbocycles. The molecule has 2 aromatic rings. The zero-order chi connectivity index (χ0) is 12.0. The third-order valence-electron chi connectivity index (χ3n) is 3.51. The molecule has 1 aliphatic rings. The summed E-state index contributed by atoms with van der Waals surface area (Å²) in [6.07, 6.45) is 0. The van der Waals surface area contributed by atoms with E-state index in [-0.39, 0.29) is 0 Å². The molecule has 0 fully saturated rings. The van der Waals surface area contributed by atoms with Crippen molar-refractivity contribution in [2.24, 2.45) is 0 Å². The lowest BCUT2D eigenvalue weighted by Crippen LogP contribution is -2.24. The molecule has 1 N–H and O–H groups in total. The van der Waals surface area contributed by atoms with E-state index in [1.54, 1.807) is 0 Å².